The number of aryl methyl sites for hydroxylation is 1. The van der Waals surface area contributed by atoms with E-state index < -0.39 is 5.97 Å². The van der Waals surface area contributed by atoms with Crippen LogP contribution in [0.3, 0.4) is 0 Å². The summed E-state index contributed by atoms with van der Waals surface area (Å²) in [6, 6.07) is 5.02. The summed E-state index contributed by atoms with van der Waals surface area (Å²) in [5.41, 5.74) is 7.51. The van der Waals surface area contributed by atoms with Crippen molar-refractivity contribution in [2.75, 3.05) is 5.73 Å². The Kier molecular flexibility index (Phi) is 3.98. The average molecular weight is 327 g/mol. The number of carbonyl (C=O) groups excluding carboxylic acids is 1. The smallest absolute Gasteiger partial charge is 0.339 e. The van der Waals surface area contributed by atoms with Crippen LogP contribution in [-0.4, -0.2) is 11.0 Å². The van der Waals surface area contributed by atoms with Crippen LogP contribution in [0.1, 0.15) is 21.1 Å². The fourth-order valence-electron chi connectivity index (χ4n) is 1.37. The highest BCUT2D eigenvalue weighted by Gasteiger charge is 2.12. The number of nitrogens with zero attached hydrogens (tertiary/aromatic N) is 1. The van der Waals surface area contributed by atoms with Gasteiger partial charge in [-0.3, -0.25) is 0 Å². The fraction of sp³-hybridized carbons (Fsp3) is 0.167. The van der Waals surface area contributed by atoms with Gasteiger partial charge in [0, 0.05) is 21.2 Å². The van der Waals surface area contributed by atoms with Gasteiger partial charge in [-0.25, -0.2) is 9.78 Å². The van der Waals surface area contributed by atoms with Crippen LogP contribution in [0.5, 0.6) is 0 Å². The van der Waals surface area contributed by atoms with E-state index in [2.05, 4.69) is 20.9 Å². The topological polar surface area (TPSA) is 65.2 Å². The van der Waals surface area contributed by atoms with E-state index in [4.69, 9.17) is 10.5 Å². The first-order chi connectivity index (χ1) is 8.56. The zero-order valence-electron chi connectivity index (χ0n) is 9.64. The number of anilines is 1. The van der Waals surface area contributed by atoms with Crippen molar-refractivity contribution in [3.8, 4) is 0 Å². The van der Waals surface area contributed by atoms with Gasteiger partial charge >= 0.3 is 5.97 Å². The third kappa shape index (κ3) is 3.08. The van der Waals surface area contributed by atoms with Crippen molar-refractivity contribution in [3.05, 3.63) is 44.3 Å². The van der Waals surface area contributed by atoms with Gasteiger partial charge in [-0.2, -0.15) is 0 Å². The summed E-state index contributed by atoms with van der Waals surface area (Å²) in [6.07, 6.45) is 0. The van der Waals surface area contributed by atoms with Gasteiger partial charge in [0.05, 0.1) is 5.56 Å². The average Bonchev–Trinajstić information content (AvgIpc) is 2.75. The molecule has 0 atom stereocenters. The van der Waals surface area contributed by atoms with E-state index in [1.165, 1.54) is 11.3 Å². The summed E-state index contributed by atoms with van der Waals surface area (Å²) in [4.78, 5) is 16.1. The first kappa shape index (κ1) is 13.0. The van der Waals surface area contributed by atoms with Gasteiger partial charge in [0.2, 0.25) is 0 Å². The molecule has 0 aliphatic carbocycles. The van der Waals surface area contributed by atoms with Crippen molar-refractivity contribution in [3.63, 3.8) is 0 Å². The minimum Gasteiger partial charge on any atom is -0.455 e. The van der Waals surface area contributed by atoms with Gasteiger partial charge in [-0.1, -0.05) is 0 Å². The zero-order valence-corrected chi connectivity index (χ0v) is 12.0. The number of nitrogens with two attached hydrogens (primary N) is 1. The predicted octanol–water partition coefficient (Wildman–Crippen LogP) is 3.15. The second-order valence-corrected chi connectivity index (χ2v) is 5.50. The van der Waals surface area contributed by atoms with Crippen molar-refractivity contribution in [1.29, 1.82) is 0 Å². The number of esters is 1. The maximum atomic E-state index is 11.9. The molecule has 0 aliphatic rings. The van der Waals surface area contributed by atoms with E-state index in [-0.39, 0.29) is 6.61 Å². The molecule has 2 rings (SSSR count). The Morgan fingerprint density at radius 2 is 2.33 bits per heavy atom. The number of nitrogen functional groups attached to an aromatic ring is 1. The molecule has 0 aliphatic heterocycles. The number of hydrogen-bond donors (Lipinski definition) is 1. The van der Waals surface area contributed by atoms with Crippen molar-refractivity contribution in [1.82, 2.24) is 4.98 Å². The number of aromatic nitrogens is 1. The number of rotatable bonds is 3. The molecule has 4 nitrogen and oxygen atoms in total. The lowest BCUT2D eigenvalue weighted by molar-refractivity contribution is 0.0471. The van der Waals surface area contributed by atoms with E-state index in [0.29, 0.717) is 15.7 Å². The van der Waals surface area contributed by atoms with Gasteiger partial charge in [-0.15, -0.1) is 11.3 Å². The SMILES string of the molecule is Cc1csc(COC(=O)c2cc(N)ccc2Br)n1. The van der Waals surface area contributed by atoms with Crippen molar-refractivity contribution in [2.45, 2.75) is 13.5 Å². The molecule has 1 aromatic carbocycles. The monoisotopic (exact) mass is 326 g/mol. The quantitative estimate of drug-likeness (QED) is 0.695. The number of benzene rings is 1. The Labute approximate surface area is 117 Å². The van der Waals surface area contributed by atoms with Crippen LogP contribution in [-0.2, 0) is 11.3 Å². The van der Waals surface area contributed by atoms with Crippen LogP contribution < -0.4 is 5.73 Å². The van der Waals surface area contributed by atoms with E-state index in [1.54, 1.807) is 18.2 Å². The van der Waals surface area contributed by atoms with Gasteiger partial charge < -0.3 is 10.5 Å². The Morgan fingerprint density at radius 1 is 1.56 bits per heavy atom. The van der Waals surface area contributed by atoms with Gasteiger partial charge in [-0.05, 0) is 41.1 Å². The number of thiazole rings is 1. The number of carbonyl (C=O) groups is 1. The first-order valence-corrected chi connectivity index (χ1v) is 6.86. The van der Waals surface area contributed by atoms with Crippen LogP contribution in [0.2, 0.25) is 0 Å². The van der Waals surface area contributed by atoms with Crippen molar-refractivity contribution < 1.29 is 9.53 Å². The zero-order chi connectivity index (χ0) is 13.1. The lowest BCUT2D eigenvalue weighted by Crippen LogP contribution is -2.06. The molecule has 0 fully saturated rings. The third-order valence-electron chi connectivity index (χ3n) is 2.20. The van der Waals surface area contributed by atoms with Crippen molar-refractivity contribution >= 4 is 38.9 Å². The molecule has 0 saturated carbocycles. The summed E-state index contributed by atoms with van der Waals surface area (Å²) >= 11 is 4.76. The van der Waals surface area contributed by atoms with E-state index >= 15 is 0 Å². The standard InChI is InChI=1S/C12H11BrN2O2S/c1-7-6-18-11(15-7)5-17-12(16)9-4-8(14)2-3-10(9)13/h2-4,6H,5,14H2,1H3. The Morgan fingerprint density at radius 3 is 3.00 bits per heavy atom. The van der Waals surface area contributed by atoms with Crippen LogP contribution in [0.15, 0.2) is 28.1 Å². The molecule has 0 unspecified atom stereocenters. The molecule has 0 spiro atoms. The predicted molar refractivity (Wildman–Crippen MR) is 74.5 cm³/mol. The third-order valence-corrected chi connectivity index (χ3v) is 3.84. The maximum absolute atomic E-state index is 11.9. The molecule has 1 aromatic heterocycles. The molecule has 1 heterocycles. The normalized spacial score (nSPS) is 10.3. The highest BCUT2D eigenvalue weighted by atomic mass is 79.9. The lowest BCUT2D eigenvalue weighted by Gasteiger charge is -2.05. The Bertz CT molecular complexity index is 583. The number of hydrogen-bond acceptors (Lipinski definition) is 5. The minimum absolute atomic E-state index is 0.179. The molecular formula is C12H11BrN2O2S. The van der Waals surface area contributed by atoms with Crippen LogP contribution in [0.25, 0.3) is 0 Å². The summed E-state index contributed by atoms with van der Waals surface area (Å²) in [6.45, 7) is 2.08. The highest BCUT2D eigenvalue weighted by molar-refractivity contribution is 9.10. The molecular weight excluding hydrogens is 316 g/mol. The molecule has 18 heavy (non-hydrogen) atoms. The van der Waals surface area contributed by atoms with E-state index in [9.17, 15) is 4.79 Å². The lowest BCUT2D eigenvalue weighted by atomic mass is 10.2. The summed E-state index contributed by atoms with van der Waals surface area (Å²) in [7, 11) is 0. The molecule has 2 aromatic rings. The van der Waals surface area contributed by atoms with Crippen molar-refractivity contribution in [2.24, 2.45) is 0 Å². The molecule has 0 radical (unpaired) electrons. The molecule has 0 amide bonds. The van der Waals surface area contributed by atoms with Crippen LogP contribution in [0, 0.1) is 6.92 Å². The number of halogens is 1. The van der Waals surface area contributed by atoms with Crippen LogP contribution >= 0.6 is 27.3 Å². The first-order valence-electron chi connectivity index (χ1n) is 5.19. The Hall–Kier alpha value is -1.40. The van der Waals surface area contributed by atoms with E-state index in [0.717, 1.165) is 10.7 Å². The molecule has 0 bridgehead atoms. The molecule has 0 saturated heterocycles. The summed E-state index contributed by atoms with van der Waals surface area (Å²) in [5.74, 6) is -0.415. The largest absolute Gasteiger partial charge is 0.455 e. The van der Waals surface area contributed by atoms with Crippen LogP contribution in [0.4, 0.5) is 5.69 Å². The molecule has 94 valence electrons. The second-order valence-electron chi connectivity index (χ2n) is 3.70. The van der Waals surface area contributed by atoms with E-state index in [1.807, 2.05) is 12.3 Å². The summed E-state index contributed by atoms with van der Waals surface area (Å²) < 4.78 is 5.85. The minimum atomic E-state index is -0.415. The van der Waals surface area contributed by atoms with Gasteiger partial charge in [0.25, 0.3) is 0 Å². The molecule has 6 heteroatoms. The highest BCUT2D eigenvalue weighted by Crippen LogP contribution is 2.21. The fourth-order valence-corrected chi connectivity index (χ4v) is 2.46. The maximum Gasteiger partial charge on any atom is 0.339 e. The second kappa shape index (κ2) is 5.49. The summed E-state index contributed by atoms with van der Waals surface area (Å²) in [5, 5.41) is 2.69. The molecule has 2 N–H and O–H groups in total. The number of ether oxygens (including phenoxy) is 1. The van der Waals surface area contributed by atoms with Gasteiger partial charge in [0.15, 0.2) is 0 Å². The Balaban J connectivity index is 2.05. The van der Waals surface area contributed by atoms with Gasteiger partial charge in [0.1, 0.15) is 11.6 Å².